The number of halogens is 1. The zero-order chi connectivity index (χ0) is 12.5. The number of carbonyl (C=O) groups excluding carboxylic acids is 1. The molecule has 2 aliphatic rings. The van der Waals surface area contributed by atoms with E-state index in [4.69, 9.17) is 16.3 Å². The lowest BCUT2D eigenvalue weighted by Crippen LogP contribution is -2.41. The van der Waals surface area contributed by atoms with Crippen molar-refractivity contribution < 1.29 is 9.53 Å². The summed E-state index contributed by atoms with van der Waals surface area (Å²) in [6.45, 7) is 1.19. The Kier molecular flexibility index (Phi) is 3.16. The maximum Gasteiger partial charge on any atom is 0.230 e. The minimum atomic E-state index is 0.190. The van der Waals surface area contributed by atoms with Crippen LogP contribution in [-0.2, 0) is 4.79 Å². The molecule has 1 aliphatic heterocycles. The van der Waals surface area contributed by atoms with Crippen molar-refractivity contribution in [2.75, 3.05) is 18.1 Å². The molecule has 3 nitrogen and oxygen atoms in total. The number of carbonyl (C=O) groups is 1. The maximum atomic E-state index is 12.5. The largest absolute Gasteiger partial charge is 0.490 e. The zero-order valence-corrected chi connectivity index (χ0v) is 10.9. The summed E-state index contributed by atoms with van der Waals surface area (Å²) in [5.41, 5.74) is 0.825. The molecule has 1 fully saturated rings. The number of hydrogen-bond acceptors (Lipinski definition) is 2. The fraction of sp³-hybridized carbons (Fsp3) is 0.500. The van der Waals surface area contributed by atoms with Gasteiger partial charge in [0.1, 0.15) is 12.4 Å². The average Bonchev–Trinajstić information content (AvgIpc) is 2.91. The van der Waals surface area contributed by atoms with Gasteiger partial charge in [-0.2, -0.15) is 0 Å². The van der Waals surface area contributed by atoms with Crippen LogP contribution in [0.1, 0.15) is 25.7 Å². The van der Waals surface area contributed by atoms with E-state index in [1.165, 1.54) is 12.8 Å². The van der Waals surface area contributed by atoms with Gasteiger partial charge in [-0.3, -0.25) is 4.79 Å². The predicted molar refractivity (Wildman–Crippen MR) is 71.3 cm³/mol. The highest BCUT2D eigenvalue weighted by atomic mass is 35.5. The molecule has 0 saturated heterocycles. The number of ether oxygens (including phenoxy) is 1. The topological polar surface area (TPSA) is 29.5 Å². The van der Waals surface area contributed by atoms with E-state index < -0.39 is 0 Å². The summed E-state index contributed by atoms with van der Waals surface area (Å²) in [6, 6.07) is 5.46. The highest BCUT2D eigenvalue weighted by Crippen LogP contribution is 2.36. The first-order valence-corrected chi connectivity index (χ1v) is 6.87. The summed E-state index contributed by atoms with van der Waals surface area (Å²) in [4.78, 5) is 14.3. The second-order valence-electron chi connectivity index (χ2n) is 4.93. The number of hydrogen-bond donors (Lipinski definition) is 0. The summed E-state index contributed by atoms with van der Waals surface area (Å²) >= 11 is 6.01. The zero-order valence-electron chi connectivity index (χ0n) is 10.2. The SMILES string of the molecule is O=C(C1CCCC1)N1CCOc2ccc(Cl)cc21. The van der Waals surface area contributed by atoms with Gasteiger partial charge in [-0.15, -0.1) is 0 Å². The minimum absolute atomic E-state index is 0.190. The van der Waals surface area contributed by atoms with Gasteiger partial charge in [-0.25, -0.2) is 0 Å². The Labute approximate surface area is 112 Å². The van der Waals surface area contributed by atoms with Crippen molar-refractivity contribution in [3.8, 4) is 5.75 Å². The average molecular weight is 266 g/mol. The third-order valence-corrected chi connectivity index (χ3v) is 3.99. The first kappa shape index (κ1) is 11.8. The normalized spacial score (nSPS) is 19.5. The van der Waals surface area contributed by atoms with Gasteiger partial charge in [-0.1, -0.05) is 24.4 Å². The van der Waals surface area contributed by atoms with Gasteiger partial charge in [-0.05, 0) is 31.0 Å². The first-order valence-electron chi connectivity index (χ1n) is 6.49. The summed E-state index contributed by atoms with van der Waals surface area (Å²) < 4.78 is 5.57. The number of nitrogens with zero attached hydrogens (tertiary/aromatic N) is 1. The quantitative estimate of drug-likeness (QED) is 0.780. The lowest BCUT2D eigenvalue weighted by Gasteiger charge is -2.31. The van der Waals surface area contributed by atoms with Gasteiger partial charge in [0.2, 0.25) is 5.91 Å². The molecule has 0 atom stereocenters. The smallest absolute Gasteiger partial charge is 0.230 e. The molecular weight excluding hydrogens is 250 g/mol. The molecule has 1 amide bonds. The van der Waals surface area contributed by atoms with Crippen molar-refractivity contribution in [1.29, 1.82) is 0 Å². The van der Waals surface area contributed by atoms with E-state index in [-0.39, 0.29) is 11.8 Å². The third kappa shape index (κ3) is 2.07. The Bertz CT molecular complexity index is 469. The van der Waals surface area contributed by atoms with Gasteiger partial charge in [0, 0.05) is 10.9 Å². The Morgan fingerprint density at radius 3 is 2.89 bits per heavy atom. The van der Waals surface area contributed by atoms with E-state index in [1.807, 2.05) is 17.0 Å². The first-order chi connectivity index (χ1) is 8.75. The van der Waals surface area contributed by atoms with E-state index in [1.54, 1.807) is 6.07 Å². The predicted octanol–water partition coefficient (Wildman–Crippen LogP) is 3.26. The molecule has 1 aromatic carbocycles. The molecule has 18 heavy (non-hydrogen) atoms. The van der Waals surface area contributed by atoms with Gasteiger partial charge in [0.25, 0.3) is 0 Å². The standard InChI is InChI=1S/C14H16ClNO2/c15-11-5-6-13-12(9-11)16(7-8-18-13)14(17)10-3-1-2-4-10/h5-6,9-10H,1-4,7-8H2. The van der Waals surface area contributed by atoms with Crippen LogP contribution in [0.3, 0.4) is 0 Å². The highest BCUT2D eigenvalue weighted by molar-refractivity contribution is 6.31. The van der Waals surface area contributed by atoms with Crippen LogP contribution in [0.5, 0.6) is 5.75 Å². The van der Waals surface area contributed by atoms with Gasteiger partial charge < -0.3 is 9.64 Å². The fourth-order valence-corrected chi connectivity index (χ4v) is 2.98. The Balaban J connectivity index is 1.90. The molecule has 4 heteroatoms. The Morgan fingerprint density at radius 2 is 2.11 bits per heavy atom. The van der Waals surface area contributed by atoms with Crippen molar-refractivity contribution in [3.05, 3.63) is 23.2 Å². The summed E-state index contributed by atoms with van der Waals surface area (Å²) in [5.74, 6) is 1.19. The van der Waals surface area contributed by atoms with Gasteiger partial charge in [0.15, 0.2) is 0 Å². The van der Waals surface area contributed by atoms with Crippen LogP contribution in [0.15, 0.2) is 18.2 Å². The van der Waals surface area contributed by atoms with Crippen molar-refractivity contribution in [2.24, 2.45) is 5.92 Å². The van der Waals surface area contributed by atoms with E-state index in [2.05, 4.69) is 0 Å². The number of rotatable bonds is 1. The lowest BCUT2D eigenvalue weighted by molar-refractivity contribution is -0.122. The van der Waals surface area contributed by atoms with E-state index in [0.717, 1.165) is 24.3 Å². The summed E-state index contributed by atoms with van der Waals surface area (Å²) in [5, 5.41) is 0.642. The van der Waals surface area contributed by atoms with Crippen LogP contribution in [0.4, 0.5) is 5.69 Å². The van der Waals surface area contributed by atoms with Crippen molar-refractivity contribution >= 4 is 23.2 Å². The number of fused-ring (bicyclic) bond motifs is 1. The molecule has 0 bridgehead atoms. The third-order valence-electron chi connectivity index (χ3n) is 3.75. The van der Waals surface area contributed by atoms with Crippen molar-refractivity contribution in [1.82, 2.24) is 0 Å². The molecule has 1 heterocycles. The van der Waals surface area contributed by atoms with Gasteiger partial charge in [0.05, 0.1) is 12.2 Å². The highest BCUT2D eigenvalue weighted by Gasteiger charge is 2.31. The lowest BCUT2D eigenvalue weighted by atomic mass is 10.1. The molecule has 1 aromatic rings. The second kappa shape index (κ2) is 4.81. The number of benzene rings is 1. The van der Waals surface area contributed by atoms with E-state index in [9.17, 15) is 4.79 Å². The molecule has 1 aliphatic carbocycles. The van der Waals surface area contributed by atoms with E-state index in [0.29, 0.717) is 18.2 Å². The van der Waals surface area contributed by atoms with Crippen LogP contribution < -0.4 is 9.64 Å². The van der Waals surface area contributed by atoms with Crippen LogP contribution in [0.25, 0.3) is 0 Å². The second-order valence-corrected chi connectivity index (χ2v) is 5.37. The van der Waals surface area contributed by atoms with Gasteiger partial charge >= 0.3 is 0 Å². The molecule has 0 N–H and O–H groups in total. The minimum Gasteiger partial charge on any atom is -0.490 e. The van der Waals surface area contributed by atoms with Crippen molar-refractivity contribution in [2.45, 2.75) is 25.7 Å². The molecular formula is C14H16ClNO2. The number of anilines is 1. The fourth-order valence-electron chi connectivity index (χ4n) is 2.81. The monoisotopic (exact) mass is 265 g/mol. The Hall–Kier alpha value is -1.22. The molecule has 0 aromatic heterocycles. The van der Waals surface area contributed by atoms with Crippen LogP contribution >= 0.6 is 11.6 Å². The van der Waals surface area contributed by atoms with Crippen LogP contribution in [-0.4, -0.2) is 19.1 Å². The summed E-state index contributed by atoms with van der Waals surface area (Å²) in [7, 11) is 0. The molecule has 1 saturated carbocycles. The van der Waals surface area contributed by atoms with Crippen LogP contribution in [0, 0.1) is 5.92 Å². The molecule has 96 valence electrons. The molecule has 0 radical (unpaired) electrons. The molecule has 0 spiro atoms. The maximum absolute atomic E-state index is 12.5. The van der Waals surface area contributed by atoms with Crippen molar-refractivity contribution in [3.63, 3.8) is 0 Å². The molecule has 3 rings (SSSR count). The summed E-state index contributed by atoms with van der Waals surface area (Å²) in [6.07, 6.45) is 4.38. The Morgan fingerprint density at radius 1 is 1.33 bits per heavy atom. The molecule has 0 unspecified atom stereocenters. The van der Waals surface area contributed by atoms with E-state index >= 15 is 0 Å². The van der Waals surface area contributed by atoms with Crippen LogP contribution in [0.2, 0.25) is 5.02 Å². The number of amides is 1.